The lowest BCUT2D eigenvalue weighted by atomic mass is 9.96. The second kappa shape index (κ2) is 7.46. The first-order valence-electron chi connectivity index (χ1n) is 9.98. The van der Waals surface area contributed by atoms with Gasteiger partial charge in [-0.25, -0.2) is 4.98 Å². The number of hydrogen-bond donors (Lipinski definition) is 2. The number of pyridine rings is 1. The van der Waals surface area contributed by atoms with Crippen LogP contribution in [0.2, 0.25) is 0 Å². The van der Waals surface area contributed by atoms with Crippen LogP contribution in [0.25, 0.3) is 11.1 Å². The first-order chi connectivity index (χ1) is 14.1. The molecule has 2 N–H and O–H groups in total. The molecule has 3 heterocycles. The number of halogens is 1. The van der Waals surface area contributed by atoms with Crippen LogP contribution in [0.1, 0.15) is 18.4 Å². The van der Waals surface area contributed by atoms with Crippen molar-refractivity contribution in [2.24, 2.45) is 7.05 Å². The maximum absolute atomic E-state index is 6.12. The van der Waals surface area contributed by atoms with E-state index in [1.807, 2.05) is 25.6 Å². The minimum absolute atomic E-state index is 0.0694. The van der Waals surface area contributed by atoms with E-state index >= 15 is 0 Å². The van der Waals surface area contributed by atoms with E-state index in [1.165, 1.54) is 18.4 Å². The fourth-order valence-electron chi connectivity index (χ4n) is 3.93. The third-order valence-corrected chi connectivity index (χ3v) is 6.36. The third kappa shape index (κ3) is 3.89. The highest BCUT2D eigenvalue weighted by Crippen LogP contribution is 2.47. The van der Waals surface area contributed by atoms with Crippen molar-refractivity contribution in [1.82, 2.24) is 20.1 Å². The molecular formula is C22H24BrN5O. The zero-order valence-corrected chi connectivity index (χ0v) is 17.9. The highest BCUT2D eigenvalue weighted by molar-refractivity contribution is 9.10. The zero-order valence-electron chi connectivity index (χ0n) is 16.4. The minimum Gasteiger partial charge on any atom is -0.470 e. The average Bonchev–Trinajstić information content (AvgIpc) is 3.40. The second-order valence-corrected chi connectivity index (χ2v) is 8.93. The van der Waals surface area contributed by atoms with E-state index in [-0.39, 0.29) is 11.5 Å². The van der Waals surface area contributed by atoms with Crippen molar-refractivity contribution in [3.8, 4) is 17.0 Å². The predicted octanol–water partition coefficient (Wildman–Crippen LogP) is 3.74. The van der Waals surface area contributed by atoms with Gasteiger partial charge in [0.15, 0.2) is 0 Å². The lowest BCUT2D eigenvalue weighted by molar-refractivity contribution is 0.192. The van der Waals surface area contributed by atoms with Crippen LogP contribution in [0.4, 0.5) is 5.69 Å². The fourth-order valence-corrected chi connectivity index (χ4v) is 4.20. The van der Waals surface area contributed by atoms with Crippen LogP contribution >= 0.6 is 15.9 Å². The molecule has 1 unspecified atom stereocenters. The molecule has 1 atom stereocenters. The molecule has 0 spiro atoms. The van der Waals surface area contributed by atoms with Gasteiger partial charge in [-0.1, -0.05) is 28.1 Å². The summed E-state index contributed by atoms with van der Waals surface area (Å²) in [5.74, 6) is 0.671. The molecule has 5 rings (SSSR count). The Balaban J connectivity index is 1.18. The Morgan fingerprint density at radius 1 is 1.24 bits per heavy atom. The molecule has 7 heteroatoms. The van der Waals surface area contributed by atoms with Gasteiger partial charge in [-0.2, -0.15) is 5.10 Å². The first-order valence-corrected chi connectivity index (χ1v) is 10.8. The predicted molar refractivity (Wildman–Crippen MR) is 117 cm³/mol. The van der Waals surface area contributed by atoms with E-state index in [4.69, 9.17) is 4.74 Å². The van der Waals surface area contributed by atoms with Gasteiger partial charge in [-0.05, 0) is 36.6 Å². The number of nitrogens with one attached hydrogen (secondary N) is 2. The monoisotopic (exact) mass is 453 g/mol. The summed E-state index contributed by atoms with van der Waals surface area (Å²) in [5.41, 5.74) is 4.74. The third-order valence-electron chi connectivity index (χ3n) is 5.83. The molecule has 0 bridgehead atoms. The van der Waals surface area contributed by atoms with E-state index in [1.54, 1.807) is 4.68 Å². The smallest absolute Gasteiger partial charge is 0.237 e. The zero-order chi connectivity index (χ0) is 19.8. The topological polar surface area (TPSA) is 64.0 Å². The summed E-state index contributed by atoms with van der Waals surface area (Å²) in [5, 5.41) is 11.3. The van der Waals surface area contributed by atoms with Gasteiger partial charge < -0.3 is 15.4 Å². The van der Waals surface area contributed by atoms with Crippen LogP contribution in [-0.4, -0.2) is 40.5 Å². The number of fused-ring (bicyclic) bond motifs is 1. The average molecular weight is 454 g/mol. The molecule has 29 heavy (non-hydrogen) atoms. The molecule has 2 aromatic heterocycles. The molecule has 0 amide bonds. The largest absolute Gasteiger partial charge is 0.470 e. The fraction of sp³-hybridized carbons (Fsp3) is 0.364. The van der Waals surface area contributed by atoms with Gasteiger partial charge in [-0.3, -0.25) is 4.68 Å². The van der Waals surface area contributed by atoms with Gasteiger partial charge in [0.25, 0.3) is 0 Å². The summed E-state index contributed by atoms with van der Waals surface area (Å²) >= 11 is 3.52. The Hall–Kier alpha value is -2.38. The van der Waals surface area contributed by atoms with Gasteiger partial charge in [0.2, 0.25) is 5.88 Å². The Labute approximate surface area is 178 Å². The summed E-state index contributed by atoms with van der Waals surface area (Å²) in [6.45, 7) is 2.55. The van der Waals surface area contributed by atoms with Crippen molar-refractivity contribution in [3.05, 3.63) is 59.0 Å². The molecule has 1 aliphatic heterocycles. The van der Waals surface area contributed by atoms with E-state index in [0.717, 1.165) is 40.9 Å². The van der Waals surface area contributed by atoms with Gasteiger partial charge in [0.05, 0.1) is 18.4 Å². The van der Waals surface area contributed by atoms with Crippen molar-refractivity contribution in [1.29, 1.82) is 0 Å². The summed E-state index contributed by atoms with van der Waals surface area (Å²) in [6, 6.07) is 10.8. The molecule has 3 aromatic rings. The van der Waals surface area contributed by atoms with Crippen molar-refractivity contribution in [2.45, 2.75) is 24.4 Å². The number of aromatic nitrogens is 3. The summed E-state index contributed by atoms with van der Waals surface area (Å²) in [4.78, 5) is 4.53. The minimum atomic E-state index is 0.0694. The summed E-state index contributed by atoms with van der Waals surface area (Å²) in [7, 11) is 1.91. The highest BCUT2D eigenvalue weighted by Gasteiger charge is 2.43. The first kappa shape index (κ1) is 18.6. The number of ether oxygens (including phenoxy) is 1. The number of hydrogen-bond acceptors (Lipinski definition) is 5. The Bertz CT molecular complexity index is 1010. The quantitative estimate of drug-likeness (QED) is 0.594. The number of anilines is 1. The summed E-state index contributed by atoms with van der Waals surface area (Å²) in [6.07, 6.45) is 8.23. The van der Waals surface area contributed by atoms with Crippen molar-refractivity contribution in [3.63, 3.8) is 0 Å². The maximum atomic E-state index is 6.12. The van der Waals surface area contributed by atoms with Gasteiger partial charge >= 0.3 is 0 Å². The summed E-state index contributed by atoms with van der Waals surface area (Å²) < 4.78 is 9.04. The van der Waals surface area contributed by atoms with E-state index in [9.17, 15) is 0 Å². The standard InChI is InChI=1S/C22H24BrN5O/c1-28-13-16(10-27-28)15-8-20-21(26-9-15)29-19(12-25-20)11-24-14-22(6-7-22)17-2-4-18(23)5-3-17/h2-5,8-10,13,19,24-25H,6-7,11-12,14H2,1H3. The van der Waals surface area contributed by atoms with Crippen LogP contribution in [0.3, 0.4) is 0 Å². The molecule has 0 saturated heterocycles. The van der Waals surface area contributed by atoms with Gasteiger partial charge in [0.1, 0.15) is 6.10 Å². The van der Waals surface area contributed by atoms with E-state index in [0.29, 0.717) is 5.88 Å². The van der Waals surface area contributed by atoms with Crippen molar-refractivity contribution in [2.75, 3.05) is 25.0 Å². The molecule has 1 aliphatic carbocycles. The maximum Gasteiger partial charge on any atom is 0.237 e. The number of benzene rings is 1. The normalized spacial score (nSPS) is 19.2. The van der Waals surface area contributed by atoms with Crippen molar-refractivity contribution < 1.29 is 4.74 Å². The lowest BCUT2D eigenvalue weighted by Gasteiger charge is -2.27. The van der Waals surface area contributed by atoms with E-state index in [2.05, 4.69) is 67.0 Å². The molecule has 0 radical (unpaired) electrons. The number of aryl methyl sites for hydroxylation is 1. The Morgan fingerprint density at radius 2 is 2.07 bits per heavy atom. The van der Waals surface area contributed by atoms with Gasteiger partial charge in [-0.15, -0.1) is 0 Å². The molecule has 1 aromatic carbocycles. The van der Waals surface area contributed by atoms with Crippen LogP contribution in [-0.2, 0) is 12.5 Å². The SMILES string of the molecule is Cn1cc(-c2cnc3c(c2)NCC(CNCC2(c4ccc(Br)cc4)CC2)O3)cn1. The Morgan fingerprint density at radius 3 is 2.79 bits per heavy atom. The van der Waals surface area contributed by atoms with Crippen LogP contribution < -0.4 is 15.4 Å². The number of rotatable bonds is 6. The van der Waals surface area contributed by atoms with Crippen molar-refractivity contribution >= 4 is 21.6 Å². The van der Waals surface area contributed by atoms with Gasteiger partial charge in [0, 0.05) is 53.5 Å². The molecule has 6 nitrogen and oxygen atoms in total. The lowest BCUT2D eigenvalue weighted by Crippen LogP contribution is -2.41. The second-order valence-electron chi connectivity index (χ2n) is 8.02. The van der Waals surface area contributed by atoms with Crippen LogP contribution in [0, 0.1) is 0 Å². The van der Waals surface area contributed by atoms with Crippen LogP contribution in [0.5, 0.6) is 5.88 Å². The van der Waals surface area contributed by atoms with E-state index < -0.39 is 0 Å². The highest BCUT2D eigenvalue weighted by atomic mass is 79.9. The molecule has 2 aliphatic rings. The van der Waals surface area contributed by atoms with Crippen LogP contribution in [0.15, 0.2) is 53.4 Å². The molecule has 150 valence electrons. The number of nitrogens with zero attached hydrogens (tertiary/aromatic N) is 3. The Kier molecular flexibility index (Phi) is 4.80. The molecular weight excluding hydrogens is 430 g/mol. The molecule has 1 fully saturated rings. The molecule has 1 saturated carbocycles.